The van der Waals surface area contributed by atoms with E-state index in [1.807, 2.05) is 6.07 Å². The third kappa shape index (κ3) is 12.9. The van der Waals surface area contributed by atoms with E-state index in [9.17, 15) is 13.2 Å². The molecule has 9 aliphatic rings. The standard InChI is InChI=1S/C59H94O15SSi2/c1-35-27-38(21-23-44-36(2)28-40(66-44)25-26-59-32-49-53(72-59)54-55(71-49)56(73-59)52-45(70-54)24-22-39(68-52)30-50(60)63-10)67-46(37(35)3)31-47-43(34-75(61,62)42-19-17-16-18-20-42)51(64-11)48(69-47)29-41(74-77(14,15)58(7,8)9)33-65-76(12,13)57(4,5)6/h16-20,35,38-41,43-49,51-56H,2-3,21-34H2,1,4-15H3/t35-,38+,39-,40+,41?,43+,44+,45+,46-,47+,48-,49-,51-,52+,53+,54+,55-,56+,59+/m1/s1. The molecule has 18 heteroatoms. The molecule has 19 atom stereocenters. The summed E-state index contributed by atoms with van der Waals surface area (Å²) in [5, 5.41) is -0.0288. The van der Waals surface area contributed by atoms with Gasteiger partial charge >= 0.3 is 5.97 Å². The number of carbonyl (C=O) groups is 1. The van der Waals surface area contributed by atoms with E-state index in [0.29, 0.717) is 38.7 Å². The highest BCUT2D eigenvalue weighted by Gasteiger charge is 2.69. The molecule has 1 unspecified atom stereocenters. The van der Waals surface area contributed by atoms with Crippen molar-refractivity contribution in [3.05, 3.63) is 54.6 Å². The first kappa shape index (κ1) is 59.7. The maximum absolute atomic E-state index is 14.3. The normalized spacial score (nSPS) is 38.7. The van der Waals surface area contributed by atoms with E-state index in [1.54, 1.807) is 31.4 Å². The Balaban J connectivity index is 0.848. The summed E-state index contributed by atoms with van der Waals surface area (Å²) in [4.78, 5) is 12.5. The Morgan fingerprint density at radius 2 is 1.44 bits per heavy atom. The van der Waals surface area contributed by atoms with E-state index in [0.717, 1.165) is 49.7 Å². The van der Waals surface area contributed by atoms with Gasteiger partial charge in [0.15, 0.2) is 32.3 Å². The van der Waals surface area contributed by atoms with Crippen LogP contribution in [-0.2, 0) is 70.9 Å². The largest absolute Gasteiger partial charge is 0.469 e. The monoisotopic (exact) mass is 1130 g/mol. The molecule has 10 rings (SSSR count). The van der Waals surface area contributed by atoms with Crippen LogP contribution in [0.1, 0.15) is 126 Å². The topological polar surface area (TPSA) is 162 Å². The van der Waals surface area contributed by atoms with Crippen molar-refractivity contribution in [2.45, 2.75) is 270 Å². The molecule has 1 aromatic carbocycles. The predicted octanol–water partition coefficient (Wildman–Crippen LogP) is 10.2. The minimum absolute atomic E-state index is 0.0117. The molecule has 9 aliphatic heterocycles. The Hall–Kier alpha value is -1.89. The van der Waals surface area contributed by atoms with Gasteiger partial charge in [0.2, 0.25) is 0 Å². The van der Waals surface area contributed by atoms with Gasteiger partial charge in [-0.05, 0) is 110 Å². The second kappa shape index (κ2) is 23.0. The van der Waals surface area contributed by atoms with Gasteiger partial charge in [0.25, 0.3) is 0 Å². The minimum atomic E-state index is -3.73. The second-order valence-corrected chi connectivity index (χ2v) is 38.6. The number of carbonyl (C=O) groups excluding carboxylic acids is 1. The van der Waals surface area contributed by atoms with Crippen molar-refractivity contribution in [1.82, 2.24) is 0 Å². The van der Waals surface area contributed by atoms with Crippen molar-refractivity contribution in [3.63, 3.8) is 0 Å². The first-order chi connectivity index (χ1) is 36.1. The number of esters is 1. The Morgan fingerprint density at radius 1 is 0.766 bits per heavy atom. The average Bonchev–Trinajstić information content (AvgIpc) is 4.05. The van der Waals surface area contributed by atoms with Gasteiger partial charge in [-0.15, -0.1) is 0 Å². The molecule has 434 valence electrons. The zero-order valence-electron chi connectivity index (χ0n) is 48.6. The fourth-order valence-corrected chi connectivity index (χ4v) is 17.1. The summed E-state index contributed by atoms with van der Waals surface area (Å²) in [6, 6.07) is 8.69. The van der Waals surface area contributed by atoms with Gasteiger partial charge in [-0.3, -0.25) is 4.79 Å². The number of sulfone groups is 1. The molecule has 0 N–H and O–H groups in total. The van der Waals surface area contributed by atoms with Crippen LogP contribution in [0.2, 0.25) is 36.3 Å². The number of rotatable bonds is 21. The summed E-state index contributed by atoms with van der Waals surface area (Å²) in [6.07, 6.45) is 3.45. The van der Waals surface area contributed by atoms with Crippen molar-refractivity contribution in [3.8, 4) is 0 Å². The van der Waals surface area contributed by atoms with Gasteiger partial charge in [0.05, 0.1) is 97.9 Å². The molecule has 9 heterocycles. The summed E-state index contributed by atoms with van der Waals surface area (Å²) in [7, 11) is -5.10. The van der Waals surface area contributed by atoms with Crippen LogP contribution in [0, 0.1) is 11.8 Å². The number of hydrogen-bond acceptors (Lipinski definition) is 15. The Kier molecular flexibility index (Phi) is 17.9. The van der Waals surface area contributed by atoms with Crippen LogP contribution in [0.4, 0.5) is 0 Å². The highest BCUT2D eigenvalue weighted by molar-refractivity contribution is 7.91. The summed E-state index contributed by atoms with van der Waals surface area (Å²) >= 11 is 0. The molecule has 0 aromatic heterocycles. The number of fused-ring (bicyclic) bond motifs is 1. The van der Waals surface area contributed by atoms with Crippen LogP contribution in [0.25, 0.3) is 0 Å². The van der Waals surface area contributed by atoms with E-state index in [-0.39, 0.29) is 118 Å². The molecule has 15 nitrogen and oxygen atoms in total. The van der Waals surface area contributed by atoms with E-state index < -0.39 is 56.5 Å². The van der Waals surface area contributed by atoms with Crippen molar-refractivity contribution >= 4 is 32.4 Å². The molecule has 0 aliphatic carbocycles. The predicted molar refractivity (Wildman–Crippen MR) is 297 cm³/mol. The maximum Gasteiger partial charge on any atom is 0.308 e. The first-order valence-electron chi connectivity index (χ1n) is 28.9. The van der Waals surface area contributed by atoms with Crippen molar-refractivity contribution < 1.29 is 69.4 Å². The third-order valence-corrected chi connectivity index (χ3v) is 30.5. The molecule has 9 saturated heterocycles. The molecular weight excluding hydrogens is 1040 g/mol. The molecule has 77 heavy (non-hydrogen) atoms. The van der Waals surface area contributed by atoms with Gasteiger partial charge < -0.3 is 56.2 Å². The van der Waals surface area contributed by atoms with E-state index >= 15 is 0 Å². The van der Waals surface area contributed by atoms with Gasteiger partial charge in [-0.2, -0.15) is 0 Å². The fourth-order valence-electron chi connectivity index (χ4n) is 13.0. The number of methoxy groups -OCH3 is 2. The SMILES string of the molecule is C=C1C[C@H](CC[C@@]23C[C@H]4O[C@H]5[C@@H](O2)[C@H]2O[C@@H](CC(=O)OC)CC[C@@H]2O[C@H]5[C@H]4O3)O[C@H]1CC[C@H]1C[C@@H](C)C(=C)[C@@H](C[C@@H]2O[C@H](CC(CO[Si](C)(C)C(C)(C)C)O[Si](C)(C)C(C)(C)C)[C@H](OC)[C@H]2CS(=O)(=O)c2ccccc2)O1. The highest BCUT2D eigenvalue weighted by Crippen LogP contribution is 2.55. The molecule has 0 radical (unpaired) electrons. The van der Waals surface area contributed by atoms with Crippen LogP contribution in [-0.4, -0.2) is 161 Å². The lowest BCUT2D eigenvalue weighted by Gasteiger charge is -2.47. The molecule has 9 fully saturated rings. The summed E-state index contributed by atoms with van der Waals surface area (Å²) in [6.45, 7) is 34.3. The van der Waals surface area contributed by atoms with Crippen LogP contribution in [0.5, 0.6) is 0 Å². The Morgan fingerprint density at radius 3 is 2.13 bits per heavy atom. The lowest BCUT2D eigenvalue weighted by Crippen LogP contribution is -2.61. The molecule has 1 aromatic rings. The second-order valence-electron chi connectivity index (χ2n) is 27.0. The summed E-state index contributed by atoms with van der Waals surface area (Å²) in [5.41, 5.74) is 2.08. The van der Waals surface area contributed by atoms with Crippen LogP contribution < -0.4 is 0 Å². The maximum atomic E-state index is 14.3. The fraction of sp³-hybridized carbons (Fsp3) is 0.814. The van der Waals surface area contributed by atoms with Crippen LogP contribution in [0.15, 0.2) is 59.5 Å². The molecule has 0 saturated carbocycles. The smallest absolute Gasteiger partial charge is 0.308 e. The Bertz CT molecular complexity index is 2350. The highest BCUT2D eigenvalue weighted by atomic mass is 32.2. The molecule has 0 amide bonds. The van der Waals surface area contributed by atoms with Gasteiger partial charge in [0.1, 0.15) is 30.5 Å². The lowest BCUT2D eigenvalue weighted by molar-refractivity contribution is -0.293. The van der Waals surface area contributed by atoms with Crippen molar-refractivity contribution in [2.75, 3.05) is 26.6 Å². The Labute approximate surface area is 463 Å². The number of hydrogen-bond donors (Lipinski definition) is 0. The summed E-state index contributed by atoms with van der Waals surface area (Å²) < 4.78 is 108. The lowest BCUT2D eigenvalue weighted by atomic mass is 9.83. The minimum Gasteiger partial charge on any atom is -0.469 e. The van der Waals surface area contributed by atoms with Crippen molar-refractivity contribution in [2.24, 2.45) is 11.8 Å². The van der Waals surface area contributed by atoms with E-state index in [4.69, 9.17) is 56.2 Å². The number of ether oxygens (including phenoxy) is 10. The average molecular weight is 1130 g/mol. The van der Waals surface area contributed by atoms with Crippen molar-refractivity contribution in [1.29, 1.82) is 0 Å². The molecular formula is C59H94O15SSi2. The van der Waals surface area contributed by atoms with Crippen LogP contribution in [0.3, 0.4) is 0 Å². The quantitative estimate of drug-likeness (QED) is 0.0649. The van der Waals surface area contributed by atoms with E-state index in [2.05, 4.69) is 87.8 Å². The molecule has 6 bridgehead atoms. The van der Waals surface area contributed by atoms with E-state index in [1.165, 1.54) is 7.11 Å². The van der Waals surface area contributed by atoms with Crippen LogP contribution >= 0.6 is 0 Å². The molecule has 0 spiro atoms. The first-order valence-corrected chi connectivity index (χ1v) is 36.4. The zero-order chi connectivity index (χ0) is 55.6. The number of benzene rings is 1. The zero-order valence-corrected chi connectivity index (χ0v) is 51.4. The third-order valence-electron chi connectivity index (χ3n) is 19.6. The van der Waals surface area contributed by atoms with Gasteiger partial charge in [-0.25, -0.2) is 8.42 Å². The summed E-state index contributed by atoms with van der Waals surface area (Å²) in [5.74, 6) is -1.58. The van der Waals surface area contributed by atoms with Gasteiger partial charge in [-0.1, -0.05) is 79.8 Å². The van der Waals surface area contributed by atoms with Gasteiger partial charge in [0, 0.05) is 38.7 Å².